The van der Waals surface area contributed by atoms with Gasteiger partial charge < -0.3 is 24.1 Å². The van der Waals surface area contributed by atoms with Crippen molar-refractivity contribution in [1.82, 2.24) is 10.2 Å². The summed E-state index contributed by atoms with van der Waals surface area (Å²) < 4.78 is 16.0. The summed E-state index contributed by atoms with van der Waals surface area (Å²) in [6, 6.07) is 8.16. The van der Waals surface area contributed by atoms with Crippen molar-refractivity contribution in [2.75, 3.05) is 20.3 Å². The van der Waals surface area contributed by atoms with Gasteiger partial charge in [-0.3, -0.25) is 9.59 Å². The summed E-state index contributed by atoms with van der Waals surface area (Å²) >= 11 is 0. The Morgan fingerprint density at radius 2 is 2.15 bits per heavy atom. The summed E-state index contributed by atoms with van der Waals surface area (Å²) in [4.78, 5) is 27.1. The van der Waals surface area contributed by atoms with Gasteiger partial charge in [0.25, 0.3) is 5.91 Å². The summed E-state index contributed by atoms with van der Waals surface area (Å²) in [7, 11) is 1.53. The summed E-state index contributed by atoms with van der Waals surface area (Å²) in [5, 5.41) is 2.84. The van der Waals surface area contributed by atoms with Crippen molar-refractivity contribution in [2.45, 2.75) is 32.4 Å². The third kappa shape index (κ3) is 4.24. The van der Waals surface area contributed by atoms with E-state index in [1.165, 1.54) is 7.11 Å². The highest BCUT2D eigenvalue weighted by atomic mass is 16.5. The first-order chi connectivity index (χ1) is 13.1. The Bertz CT molecular complexity index is 788. The SMILES string of the molecule is CCOc1ccc(C(=O)N2CCCC2C(=O)NCc2ccco2)cc1OC. The molecule has 1 aliphatic heterocycles. The first-order valence-corrected chi connectivity index (χ1v) is 9.06. The Morgan fingerprint density at radius 1 is 1.30 bits per heavy atom. The van der Waals surface area contributed by atoms with Crippen LogP contribution in [0.3, 0.4) is 0 Å². The van der Waals surface area contributed by atoms with Gasteiger partial charge in [-0.25, -0.2) is 0 Å². The van der Waals surface area contributed by atoms with Gasteiger partial charge in [-0.05, 0) is 50.1 Å². The molecular formula is C20H24N2O5. The number of hydrogen-bond acceptors (Lipinski definition) is 5. The van der Waals surface area contributed by atoms with Crippen LogP contribution in [0.2, 0.25) is 0 Å². The minimum Gasteiger partial charge on any atom is -0.493 e. The molecule has 1 N–H and O–H groups in total. The molecule has 7 heteroatoms. The predicted molar refractivity (Wildman–Crippen MR) is 98.8 cm³/mol. The molecule has 2 amide bonds. The van der Waals surface area contributed by atoms with Crippen LogP contribution in [0.5, 0.6) is 11.5 Å². The van der Waals surface area contributed by atoms with Crippen LogP contribution in [-0.2, 0) is 11.3 Å². The van der Waals surface area contributed by atoms with Crippen LogP contribution in [0.25, 0.3) is 0 Å². The number of likely N-dealkylation sites (tertiary alicyclic amines) is 1. The van der Waals surface area contributed by atoms with Crippen LogP contribution in [-0.4, -0.2) is 43.0 Å². The zero-order valence-electron chi connectivity index (χ0n) is 15.6. The maximum Gasteiger partial charge on any atom is 0.254 e. The lowest BCUT2D eigenvalue weighted by Gasteiger charge is -2.24. The third-order valence-electron chi connectivity index (χ3n) is 4.54. The highest BCUT2D eigenvalue weighted by Gasteiger charge is 2.34. The Hall–Kier alpha value is -2.96. The van der Waals surface area contributed by atoms with Gasteiger partial charge in [0.2, 0.25) is 5.91 Å². The number of carbonyl (C=O) groups excluding carboxylic acids is 2. The number of benzene rings is 1. The molecule has 144 valence electrons. The van der Waals surface area contributed by atoms with Crippen molar-refractivity contribution >= 4 is 11.8 Å². The van der Waals surface area contributed by atoms with E-state index < -0.39 is 6.04 Å². The van der Waals surface area contributed by atoms with E-state index in [2.05, 4.69) is 5.32 Å². The number of rotatable bonds is 7. The second-order valence-corrected chi connectivity index (χ2v) is 6.25. The maximum atomic E-state index is 13.0. The second-order valence-electron chi connectivity index (χ2n) is 6.25. The Morgan fingerprint density at radius 3 is 2.85 bits per heavy atom. The molecule has 3 rings (SSSR count). The highest BCUT2D eigenvalue weighted by molar-refractivity contribution is 5.98. The number of amides is 2. The molecule has 0 spiro atoms. The van der Waals surface area contributed by atoms with Crippen molar-refractivity contribution in [3.63, 3.8) is 0 Å². The van der Waals surface area contributed by atoms with Crippen LogP contribution in [0, 0.1) is 0 Å². The van der Waals surface area contributed by atoms with Crippen LogP contribution >= 0.6 is 0 Å². The minimum atomic E-state index is -0.481. The van der Waals surface area contributed by atoms with Gasteiger partial charge in [-0.15, -0.1) is 0 Å². The van der Waals surface area contributed by atoms with Gasteiger partial charge in [0, 0.05) is 12.1 Å². The first kappa shape index (κ1) is 18.8. The van der Waals surface area contributed by atoms with Gasteiger partial charge in [0.1, 0.15) is 11.8 Å². The molecule has 1 atom stereocenters. The monoisotopic (exact) mass is 372 g/mol. The molecular weight excluding hydrogens is 348 g/mol. The van der Waals surface area contributed by atoms with E-state index in [9.17, 15) is 9.59 Å². The Labute approximate surface area is 158 Å². The normalized spacial score (nSPS) is 16.2. The number of carbonyl (C=O) groups is 2. The summed E-state index contributed by atoms with van der Waals surface area (Å²) in [6.07, 6.45) is 2.99. The lowest BCUT2D eigenvalue weighted by atomic mass is 10.1. The molecule has 1 aromatic heterocycles. The molecule has 27 heavy (non-hydrogen) atoms. The summed E-state index contributed by atoms with van der Waals surface area (Å²) in [5.41, 5.74) is 0.473. The maximum absolute atomic E-state index is 13.0. The van der Waals surface area contributed by atoms with E-state index in [0.717, 1.165) is 6.42 Å². The van der Waals surface area contributed by atoms with E-state index >= 15 is 0 Å². The van der Waals surface area contributed by atoms with Gasteiger partial charge in [-0.2, -0.15) is 0 Å². The van der Waals surface area contributed by atoms with Crippen LogP contribution in [0.15, 0.2) is 41.0 Å². The van der Waals surface area contributed by atoms with Crippen molar-refractivity contribution in [1.29, 1.82) is 0 Å². The third-order valence-corrected chi connectivity index (χ3v) is 4.54. The molecule has 1 aliphatic rings. The van der Waals surface area contributed by atoms with E-state index in [0.29, 0.717) is 48.9 Å². The van der Waals surface area contributed by atoms with Gasteiger partial charge >= 0.3 is 0 Å². The molecule has 1 fully saturated rings. The predicted octanol–water partition coefficient (Wildman–Crippen LogP) is 2.61. The molecule has 0 aliphatic carbocycles. The molecule has 2 aromatic rings. The molecule has 1 saturated heterocycles. The topological polar surface area (TPSA) is 81.0 Å². The lowest BCUT2D eigenvalue weighted by Crippen LogP contribution is -2.45. The fraction of sp³-hybridized carbons (Fsp3) is 0.400. The number of nitrogens with one attached hydrogen (secondary N) is 1. The van der Waals surface area contributed by atoms with Gasteiger partial charge in [0.05, 0.1) is 26.5 Å². The quantitative estimate of drug-likeness (QED) is 0.808. The Kier molecular flexibility index (Phi) is 6.01. The molecule has 2 heterocycles. The number of nitrogens with zero attached hydrogens (tertiary/aromatic N) is 1. The fourth-order valence-corrected chi connectivity index (χ4v) is 3.23. The van der Waals surface area contributed by atoms with E-state index in [-0.39, 0.29) is 11.8 Å². The van der Waals surface area contributed by atoms with Crippen LogP contribution in [0.1, 0.15) is 35.9 Å². The van der Waals surface area contributed by atoms with Gasteiger partial charge in [-0.1, -0.05) is 0 Å². The number of hydrogen-bond donors (Lipinski definition) is 1. The average Bonchev–Trinajstić information content (AvgIpc) is 3.38. The van der Waals surface area contributed by atoms with Gasteiger partial charge in [0.15, 0.2) is 11.5 Å². The smallest absolute Gasteiger partial charge is 0.254 e. The average molecular weight is 372 g/mol. The molecule has 1 aromatic carbocycles. The van der Waals surface area contributed by atoms with E-state index in [1.807, 2.05) is 6.92 Å². The molecule has 7 nitrogen and oxygen atoms in total. The van der Waals surface area contributed by atoms with Crippen LogP contribution in [0.4, 0.5) is 0 Å². The molecule has 0 saturated carbocycles. The van der Waals surface area contributed by atoms with Crippen molar-refractivity contribution in [3.05, 3.63) is 47.9 Å². The van der Waals surface area contributed by atoms with Crippen molar-refractivity contribution < 1.29 is 23.5 Å². The molecule has 1 unspecified atom stereocenters. The zero-order valence-corrected chi connectivity index (χ0v) is 15.6. The van der Waals surface area contributed by atoms with E-state index in [1.54, 1.807) is 41.5 Å². The first-order valence-electron chi connectivity index (χ1n) is 9.06. The Balaban J connectivity index is 1.70. The van der Waals surface area contributed by atoms with Crippen LogP contribution < -0.4 is 14.8 Å². The molecule has 0 radical (unpaired) electrons. The zero-order chi connectivity index (χ0) is 19.2. The number of furan rings is 1. The fourth-order valence-electron chi connectivity index (χ4n) is 3.23. The molecule has 0 bridgehead atoms. The van der Waals surface area contributed by atoms with Crippen molar-refractivity contribution in [2.24, 2.45) is 0 Å². The summed E-state index contributed by atoms with van der Waals surface area (Å²) in [6.45, 7) is 3.25. The lowest BCUT2D eigenvalue weighted by molar-refractivity contribution is -0.125. The number of methoxy groups -OCH3 is 1. The largest absolute Gasteiger partial charge is 0.493 e. The minimum absolute atomic E-state index is 0.171. The standard InChI is InChI=1S/C20H24N2O5/c1-3-26-17-9-8-14(12-18(17)25-2)20(24)22-10-4-7-16(22)19(23)21-13-15-6-5-11-27-15/h5-6,8-9,11-12,16H,3-4,7,10,13H2,1-2H3,(H,21,23). The summed E-state index contributed by atoms with van der Waals surface area (Å²) in [5.74, 6) is 1.41. The second kappa shape index (κ2) is 8.62. The number of ether oxygens (including phenoxy) is 2. The highest BCUT2D eigenvalue weighted by Crippen LogP contribution is 2.29. The van der Waals surface area contributed by atoms with Crippen molar-refractivity contribution in [3.8, 4) is 11.5 Å². The van der Waals surface area contributed by atoms with E-state index in [4.69, 9.17) is 13.9 Å².